The predicted octanol–water partition coefficient (Wildman–Crippen LogP) is 3.18. The largest absolute Gasteiger partial charge is 0.480 e. The Labute approximate surface area is 174 Å². The average molecular weight is 404 g/mol. The molecule has 8 nitrogen and oxygen atoms in total. The first-order valence-electron chi connectivity index (χ1n) is 9.96. The van der Waals surface area contributed by atoms with E-state index >= 15 is 0 Å². The summed E-state index contributed by atoms with van der Waals surface area (Å²) in [7, 11) is 0. The number of H-pyrrole nitrogens is 1. The molecule has 3 N–H and O–H groups in total. The molecule has 3 aromatic rings. The maximum atomic E-state index is 11.1. The monoisotopic (exact) mass is 404 g/mol. The lowest BCUT2D eigenvalue weighted by Gasteiger charge is -2.27. The number of aliphatic imine (C=N–C) groups is 1. The Hall–Kier alpha value is -3.68. The van der Waals surface area contributed by atoms with Gasteiger partial charge in [0.1, 0.15) is 12.4 Å². The maximum Gasteiger partial charge on any atom is 0.323 e. The Balaban J connectivity index is 1.45. The number of guanidine groups is 1. The molecule has 30 heavy (non-hydrogen) atoms. The Morgan fingerprint density at radius 1 is 1.17 bits per heavy atom. The molecule has 0 spiro atoms. The van der Waals surface area contributed by atoms with Crippen molar-refractivity contribution in [2.75, 3.05) is 25.0 Å². The lowest BCUT2D eigenvalue weighted by Crippen LogP contribution is -2.43. The molecular formula is C22H24N6O2. The molecule has 1 aliphatic heterocycles. The first-order chi connectivity index (χ1) is 14.6. The van der Waals surface area contributed by atoms with Gasteiger partial charge in [0.05, 0.1) is 0 Å². The summed E-state index contributed by atoms with van der Waals surface area (Å²) in [5.41, 5.74) is 3.47. The number of aromatic nitrogens is 3. The van der Waals surface area contributed by atoms with Crippen molar-refractivity contribution in [3.05, 3.63) is 66.0 Å². The number of aromatic amines is 1. The molecule has 0 radical (unpaired) electrons. The van der Waals surface area contributed by atoms with Gasteiger partial charge in [0.15, 0.2) is 0 Å². The van der Waals surface area contributed by atoms with E-state index in [0.717, 1.165) is 17.8 Å². The second-order valence-electron chi connectivity index (χ2n) is 7.25. The van der Waals surface area contributed by atoms with E-state index < -0.39 is 5.97 Å². The number of hydrogen-bond donors (Lipinski definition) is 3. The number of carbonyl (C=O) groups is 1. The molecule has 0 saturated heterocycles. The lowest BCUT2D eigenvalue weighted by molar-refractivity contribution is -0.137. The second-order valence-corrected chi connectivity index (χ2v) is 7.25. The predicted molar refractivity (Wildman–Crippen MR) is 116 cm³/mol. The van der Waals surface area contributed by atoms with E-state index in [4.69, 9.17) is 5.11 Å². The van der Waals surface area contributed by atoms with Gasteiger partial charge in [-0.05, 0) is 23.1 Å². The molecule has 8 heteroatoms. The van der Waals surface area contributed by atoms with Crippen LogP contribution in [0.2, 0.25) is 0 Å². The number of nitrogens with one attached hydrogen (secondary N) is 2. The number of anilines is 1. The first-order valence-corrected chi connectivity index (χ1v) is 9.96. The molecule has 1 atom stereocenters. The van der Waals surface area contributed by atoms with Gasteiger partial charge in [-0.15, -0.1) is 5.10 Å². The van der Waals surface area contributed by atoms with Gasteiger partial charge in [-0.2, -0.15) is 4.98 Å². The van der Waals surface area contributed by atoms with Crippen molar-refractivity contribution in [1.82, 2.24) is 20.1 Å². The Kier molecular flexibility index (Phi) is 5.74. The zero-order chi connectivity index (χ0) is 20.9. The molecule has 1 aliphatic rings. The van der Waals surface area contributed by atoms with E-state index in [9.17, 15) is 4.79 Å². The van der Waals surface area contributed by atoms with Crippen molar-refractivity contribution in [3.8, 4) is 11.1 Å². The normalized spacial score (nSPS) is 14.8. The van der Waals surface area contributed by atoms with Crippen molar-refractivity contribution in [2.45, 2.75) is 19.3 Å². The number of carboxylic acid groups (broad SMARTS) is 1. The summed E-state index contributed by atoms with van der Waals surface area (Å²) in [6.07, 6.45) is 0.827. The average Bonchev–Trinajstić information content (AvgIpc) is 3.23. The van der Waals surface area contributed by atoms with Gasteiger partial charge in [-0.3, -0.25) is 20.2 Å². The van der Waals surface area contributed by atoms with E-state index in [1.165, 1.54) is 11.1 Å². The molecule has 0 bridgehead atoms. The van der Waals surface area contributed by atoms with Gasteiger partial charge in [0.25, 0.3) is 0 Å². The Morgan fingerprint density at radius 3 is 2.63 bits per heavy atom. The highest BCUT2D eigenvalue weighted by Gasteiger charge is 2.20. The molecule has 0 aliphatic carbocycles. The minimum atomic E-state index is -0.894. The van der Waals surface area contributed by atoms with Crippen LogP contribution in [0.15, 0.2) is 59.6 Å². The van der Waals surface area contributed by atoms with Gasteiger partial charge in [0.2, 0.25) is 11.9 Å². The zero-order valence-electron chi connectivity index (χ0n) is 16.7. The molecule has 0 saturated carbocycles. The van der Waals surface area contributed by atoms with Crippen LogP contribution in [0.5, 0.6) is 0 Å². The van der Waals surface area contributed by atoms with Crippen LogP contribution < -0.4 is 5.32 Å². The standard InChI is InChI=1S/C22H24N6O2/c1-15(16-8-10-18(11-9-16)17-6-3-2-4-7-17)20-24-21(27-26-20)25-22-23-12-5-13-28(22)14-19(29)30/h2-4,6-11,15H,5,12-14H2,1H3,(H,29,30)(H2,23,24,25,26,27). The van der Waals surface area contributed by atoms with Crippen molar-refractivity contribution >= 4 is 17.9 Å². The molecule has 1 aromatic heterocycles. The molecule has 4 rings (SSSR count). The van der Waals surface area contributed by atoms with Gasteiger partial charge < -0.3 is 10.0 Å². The van der Waals surface area contributed by atoms with E-state index in [1.807, 2.05) is 18.2 Å². The van der Waals surface area contributed by atoms with Crippen molar-refractivity contribution in [1.29, 1.82) is 0 Å². The number of carboxylic acids is 1. The van der Waals surface area contributed by atoms with Gasteiger partial charge in [-0.25, -0.2) is 0 Å². The fraction of sp³-hybridized carbons (Fsp3) is 0.273. The fourth-order valence-electron chi connectivity index (χ4n) is 3.46. The third-order valence-corrected chi connectivity index (χ3v) is 5.13. The molecule has 2 aromatic carbocycles. The number of rotatable bonds is 6. The lowest BCUT2D eigenvalue weighted by atomic mass is 9.97. The van der Waals surface area contributed by atoms with Crippen LogP contribution in [0.1, 0.15) is 30.7 Å². The summed E-state index contributed by atoms with van der Waals surface area (Å²) in [5, 5.41) is 19.4. The SMILES string of the molecule is CC(c1ccc(-c2ccccc2)cc1)c1nc(NC2=NCCCN2CC(=O)O)n[nH]1. The van der Waals surface area contributed by atoms with Crippen molar-refractivity contribution in [3.63, 3.8) is 0 Å². The minimum absolute atomic E-state index is 0.0290. The molecule has 0 fully saturated rings. The van der Waals surface area contributed by atoms with Crippen LogP contribution in [0.3, 0.4) is 0 Å². The Bertz CT molecular complexity index is 1030. The molecule has 1 unspecified atom stereocenters. The van der Waals surface area contributed by atoms with Crippen LogP contribution in [0, 0.1) is 0 Å². The molecular weight excluding hydrogens is 380 g/mol. The second kappa shape index (κ2) is 8.77. The molecule has 2 heterocycles. The highest BCUT2D eigenvalue weighted by atomic mass is 16.4. The number of hydrogen-bond acceptors (Lipinski definition) is 6. The number of benzene rings is 2. The summed E-state index contributed by atoms with van der Waals surface area (Å²) in [5.74, 6) is 0.741. The third kappa shape index (κ3) is 4.48. The minimum Gasteiger partial charge on any atom is -0.480 e. The summed E-state index contributed by atoms with van der Waals surface area (Å²) >= 11 is 0. The van der Waals surface area contributed by atoms with E-state index in [0.29, 0.717) is 25.0 Å². The molecule has 154 valence electrons. The van der Waals surface area contributed by atoms with Gasteiger partial charge in [0, 0.05) is 19.0 Å². The third-order valence-electron chi connectivity index (χ3n) is 5.13. The highest BCUT2D eigenvalue weighted by molar-refractivity contribution is 5.94. The fourth-order valence-corrected chi connectivity index (χ4v) is 3.46. The van der Waals surface area contributed by atoms with E-state index in [1.54, 1.807) is 4.90 Å². The van der Waals surface area contributed by atoms with Crippen LogP contribution in [-0.4, -0.2) is 56.8 Å². The smallest absolute Gasteiger partial charge is 0.323 e. The van der Waals surface area contributed by atoms with Gasteiger partial charge in [-0.1, -0.05) is 61.5 Å². The van der Waals surface area contributed by atoms with Crippen LogP contribution in [-0.2, 0) is 4.79 Å². The summed E-state index contributed by atoms with van der Waals surface area (Å²) in [6, 6.07) is 18.7. The van der Waals surface area contributed by atoms with Gasteiger partial charge >= 0.3 is 5.97 Å². The van der Waals surface area contributed by atoms with Crippen molar-refractivity contribution in [2.24, 2.45) is 4.99 Å². The van der Waals surface area contributed by atoms with Crippen LogP contribution in [0.4, 0.5) is 5.95 Å². The molecule has 0 amide bonds. The number of nitrogens with zero attached hydrogens (tertiary/aromatic N) is 4. The van der Waals surface area contributed by atoms with E-state index in [2.05, 4.69) is 68.8 Å². The first kappa shape index (κ1) is 19.6. The quantitative estimate of drug-likeness (QED) is 0.583. The summed E-state index contributed by atoms with van der Waals surface area (Å²) < 4.78 is 0. The summed E-state index contributed by atoms with van der Waals surface area (Å²) in [6.45, 7) is 3.25. The van der Waals surface area contributed by atoms with Crippen molar-refractivity contribution < 1.29 is 9.90 Å². The zero-order valence-corrected chi connectivity index (χ0v) is 16.7. The number of aliphatic carboxylic acids is 1. The summed E-state index contributed by atoms with van der Waals surface area (Å²) in [4.78, 5) is 21.7. The Morgan fingerprint density at radius 2 is 1.90 bits per heavy atom. The van der Waals surface area contributed by atoms with Crippen LogP contribution in [0.25, 0.3) is 11.1 Å². The topological polar surface area (TPSA) is 106 Å². The van der Waals surface area contributed by atoms with E-state index in [-0.39, 0.29) is 12.5 Å². The maximum absolute atomic E-state index is 11.1. The van der Waals surface area contributed by atoms with Crippen LogP contribution >= 0.6 is 0 Å². The highest BCUT2D eigenvalue weighted by Crippen LogP contribution is 2.25.